The molecule has 1 aromatic rings. The Morgan fingerprint density at radius 3 is 2.07 bits per heavy atom. The van der Waals surface area contributed by atoms with Crippen LogP contribution >= 0.6 is 0 Å². The molecule has 1 aromatic carbocycles. The molecule has 0 aromatic heterocycles. The summed E-state index contributed by atoms with van der Waals surface area (Å²) in [5.74, 6) is 0.255. The Balaban J connectivity index is 1.67. The maximum absolute atomic E-state index is 12.3. The van der Waals surface area contributed by atoms with Gasteiger partial charge in [0.15, 0.2) is 0 Å². The Bertz CT molecular complexity index is 725. The fraction of sp³-hybridized carbons (Fsp3) is 0.667. The second kappa shape index (κ2) is 9.85. The largest absolute Gasteiger partial charge is 0.458 e. The lowest BCUT2D eigenvalue weighted by molar-refractivity contribution is -0.160. The zero-order valence-electron chi connectivity index (χ0n) is 17.3. The summed E-state index contributed by atoms with van der Waals surface area (Å²) in [7, 11) is -3.70. The molecule has 28 heavy (non-hydrogen) atoms. The number of hydrogen-bond donors (Lipinski definition) is 0. The van der Waals surface area contributed by atoms with Crippen molar-refractivity contribution in [2.45, 2.75) is 63.9 Å². The monoisotopic (exact) mass is 412 g/mol. The van der Waals surface area contributed by atoms with E-state index in [0.29, 0.717) is 12.5 Å². The lowest BCUT2D eigenvalue weighted by Gasteiger charge is -2.28. The maximum Gasteiger partial charge on any atom is 0.332 e. The fourth-order valence-electron chi connectivity index (χ4n) is 3.20. The summed E-state index contributed by atoms with van der Waals surface area (Å²) in [6, 6.07) is 6.67. The van der Waals surface area contributed by atoms with Crippen LogP contribution in [-0.4, -0.2) is 39.8 Å². The predicted octanol–water partition coefficient (Wildman–Crippen LogP) is 3.87. The van der Waals surface area contributed by atoms with Crippen LogP contribution in [-0.2, 0) is 28.6 Å². The Morgan fingerprint density at radius 2 is 1.54 bits per heavy atom. The van der Waals surface area contributed by atoms with Gasteiger partial charge in [-0.15, -0.1) is 0 Å². The molecular formula is C21H32O6S. The Labute approximate surface area is 168 Å². The standard InChI is InChI=1S/C21H32O6S/c1-16-5-11-19(12-6-16)28(23,24)26-14-18-9-7-17(8-10-18)13-25-15-20(22)27-21(2,3)4/h5-6,11-12,17-18H,7-10,13-15H2,1-4H3/t17-,18+. The highest BCUT2D eigenvalue weighted by atomic mass is 32.2. The van der Waals surface area contributed by atoms with Crippen molar-refractivity contribution in [1.82, 2.24) is 0 Å². The molecule has 0 unspecified atom stereocenters. The van der Waals surface area contributed by atoms with Gasteiger partial charge in [-0.2, -0.15) is 8.42 Å². The number of esters is 1. The first-order valence-electron chi connectivity index (χ1n) is 9.81. The molecule has 7 heteroatoms. The van der Waals surface area contributed by atoms with Crippen LogP contribution < -0.4 is 0 Å². The van der Waals surface area contributed by atoms with Crippen LogP contribution in [0.5, 0.6) is 0 Å². The van der Waals surface area contributed by atoms with Crippen molar-refractivity contribution >= 4 is 16.1 Å². The summed E-state index contributed by atoms with van der Waals surface area (Å²) in [5.41, 5.74) is 0.503. The summed E-state index contributed by atoms with van der Waals surface area (Å²) in [4.78, 5) is 11.8. The van der Waals surface area contributed by atoms with Crippen LogP contribution in [0.2, 0.25) is 0 Å². The molecule has 158 valence electrons. The average Bonchev–Trinajstić information content (AvgIpc) is 2.60. The first-order chi connectivity index (χ1) is 13.0. The van der Waals surface area contributed by atoms with Gasteiger partial charge in [-0.3, -0.25) is 4.18 Å². The second-order valence-corrected chi connectivity index (χ2v) is 10.2. The molecule has 0 amide bonds. The van der Waals surface area contributed by atoms with Crippen molar-refractivity contribution in [3.63, 3.8) is 0 Å². The molecule has 1 fully saturated rings. The number of carbonyl (C=O) groups excluding carboxylic acids is 1. The highest BCUT2D eigenvalue weighted by molar-refractivity contribution is 7.86. The Morgan fingerprint density at radius 1 is 1.00 bits per heavy atom. The molecule has 2 rings (SSSR count). The van der Waals surface area contributed by atoms with E-state index in [9.17, 15) is 13.2 Å². The fourth-order valence-corrected chi connectivity index (χ4v) is 4.18. The van der Waals surface area contributed by atoms with Gasteiger partial charge in [0.05, 0.1) is 18.1 Å². The molecule has 0 spiro atoms. The van der Waals surface area contributed by atoms with E-state index < -0.39 is 15.7 Å². The van der Waals surface area contributed by atoms with Crippen molar-refractivity contribution in [2.24, 2.45) is 11.8 Å². The van der Waals surface area contributed by atoms with Crippen LogP contribution in [0.15, 0.2) is 29.2 Å². The normalized spacial score (nSPS) is 20.7. The zero-order valence-corrected chi connectivity index (χ0v) is 18.1. The Kier molecular flexibility index (Phi) is 8.04. The first kappa shape index (κ1) is 22.8. The van der Waals surface area contributed by atoms with Crippen LogP contribution in [0.25, 0.3) is 0 Å². The topological polar surface area (TPSA) is 78.9 Å². The number of rotatable bonds is 8. The van der Waals surface area contributed by atoms with Crippen LogP contribution in [0.1, 0.15) is 52.0 Å². The third-order valence-electron chi connectivity index (χ3n) is 4.73. The SMILES string of the molecule is Cc1ccc(S(=O)(=O)OC[C@H]2CC[C@@H](COCC(=O)OC(C)(C)C)CC2)cc1. The quantitative estimate of drug-likeness (QED) is 0.476. The van der Waals surface area contributed by atoms with Crippen molar-refractivity contribution in [3.8, 4) is 0 Å². The van der Waals surface area contributed by atoms with Gasteiger partial charge in [0.2, 0.25) is 0 Å². The minimum absolute atomic E-state index is 0.0326. The predicted molar refractivity (Wildman–Crippen MR) is 106 cm³/mol. The highest BCUT2D eigenvalue weighted by Gasteiger charge is 2.25. The molecule has 0 N–H and O–H groups in total. The van der Waals surface area contributed by atoms with E-state index in [-0.39, 0.29) is 30.0 Å². The minimum Gasteiger partial charge on any atom is -0.458 e. The van der Waals surface area contributed by atoms with Gasteiger partial charge in [-0.1, -0.05) is 17.7 Å². The zero-order chi connectivity index (χ0) is 20.8. The molecule has 0 bridgehead atoms. The molecule has 0 saturated heterocycles. The molecule has 1 aliphatic carbocycles. The van der Waals surface area contributed by atoms with E-state index in [1.165, 1.54) is 0 Å². The van der Waals surface area contributed by atoms with Crippen LogP contribution in [0, 0.1) is 18.8 Å². The van der Waals surface area contributed by atoms with Gasteiger partial charge in [0.25, 0.3) is 10.1 Å². The lowest BCUT2D eigenvalue weighted by atomic mass is 9.83. The highest BCUT2D eigenvalue weighted by Crippen LogP contribution is 2.30. The molecular weight excluding hydrogens is 380 g/mol. The number of ether oxygens (including phenoxy) is 2. The summed E-state index contributed by atoms with van der Waals surface area (Å²) >= 11 is 0. The summed E-state index contributed by atoms with van der Waals surface area (Å²) in [5, 5.41) is 0. The van der Waals surface area contributed by atoms with Gasteiger partial charge in [0, 0.05) is 0 Å². The molecule has 0 radical (unpaired) electrons. The van der Waals surface area contributed by atoms with E-state index in [2.05, 4.69) is 0 Å². The van der Waals surface area contributed by atoms with E-state index in [1.54, 1.807) is 24.3 Å². The molecule has 0 heterocycles. The van der Waals surface area contributed by atoms with Gasteiger partial charge in [-0.05, 0) is 77.3 Å². The molecule has 0 aliphatic heterocycles. The minimum atomic E-state index is -3.70. The summed E-state index contributed by atoms with van der Waals surface area (Å²) < 4.78 is 40.5. The number of carbonyl (C=O) groups is 1. The first-order valence-corrected chi connectivity index (χ1v) is 11.2. The molecule has 6 nitrogen and oxygen atoms in total. The summed E-state index contributed by atoms with van der Waals surface area (Å²) in [6.45, 7) is 8.09. The smallest absolute Gasteiger partial charge is 0.332 e. The maximum atomic E-state index is 12.3. The molecule has 0 atom stereocenters. The van der Waals surface area contributed by atoms with Crippen LogP contribution in [0.3, 0.4) is 0 Å². The van der Waals surface area contributed by atoms with Gasteiger partial charge < -0.3 is 9.47 Å². The number of hydrogen-bond acceptors (Lipinski definition) is 6. The third-order valence-corrected chi connectivity index (χ3v) is 6.02. The summed E-state index contributed by atoms with van der Waals surface area (Å²) in [6.07, 6.45) is 3.66. The Hall–Kier alpha value is -1.44. The van der Waals surface area contributed by atoms with Gasteiger partial charge >= 0.3 is 5.97 Å². The average molecular weight is 413 g/mol. The van der Waals surface area contributed by atoms with Crippen molar-refractivity contribution in [3.05, 3.63) is 29.8 Å². The van der Waals surface area contributed by atoms with Gasteiger partial charge in [-0.25, -0.2) is 4.79 Å². The van der Waals surface area contributed by atoms with Gasteiger partial charge in [0.1, 0.15) is 12.2 Å². The molecule has 1 aliphatic rings. The van der Waals surface area contributed by atoms with E-state index in [0.717, 1.165) is 31.2 Å². The van der Waals surface area contributed by atoms with E-state index in [4.69, 9.17) is 13.7 Å². The van der Waals surface area contributed by atoms with E-state index >= 15 is 0 Å². The second-order valence-electron chi connectivity index (χ2n) is 8.54. The van der Waals surface area contributed by atoms with Crippen molar-refractivity contribution in [1.29, 1.82) is 0 Å². The number of aryl methyl sites for hydroxylation is 1. The van der Waals surface area contributed by atoms with E-state index in [1.807, 2.05) is 27.7 Å². The van der Waals surface area contributed by atoms with Crippen molar-refractivity contribution < 1.29 is 26.9 Å². The third kappa shape index (κ3) is 7.89. The lowest BCUT2D eigenvalue weighted by Crippen LogP contribution is -2.28. The van der Waals surface area contributed by atoms with Crippen LogP contribution in [0.4, 0.5) is 0 Å². The molecule has 1 saturated carbocycles. The van der Waals surface area contributed by atoms with Crippen molar-refractivity contribution in [2.75, 3.05) is 19.8 Å². The number of benzene rings is 1.